The van der Waals surface area contributed by atoms with E-state index >= 15 is 0 Å². The highest BCUT2D eigenvalue weighted by Crippen LogP contribution is 2.19. The largest absolute Gasteiger partial charge is 0.388 e. The van der Waals surface area contributed by atoms with Crippen LogP contribution in [0.3, 0.4) is 0 Å². The van der Waals surface area contributed by atoms with Crippen LogP contribution in [0.4, 0.5) is 11.4 Å². The zero-order valence-electron chi connectivity index (χ0n) is 8.13. The van der Waals surface area contributed by atoms with Crippen LogP contribution in [0.5, 0.6) is 0 Å². The molecular weight excluding hydrogens is 162 g/mol. The summed E-state index contributed by atoms with van der Waals surface area (Å²) in [4.78, 5) is 1.97. The van der Waals surface area contributed by atoms with Gasteiger partial charge in [0.05, 0.1) is 11.6 Å². The molecule has 1 aromatic carbocycles. The second-order valence-electron chi connectivity index (χ2n) is 3.02. The molecule has 0 aliphatic heterocycles. The van der Waals surface area contributed by atoms with Gasteiger partial charge in [0.1, 0.15) is 0 Å². The average molecular weight is 175 g/mol. The summed E-state index contributed by atoms with van der Waals surface area (Å²) in [6.07, 6.45) is 0. The minimum atomic E-state index is 0.676. The first-order valence-electron chi connectivity index (χ1n) is 4.07. The van der Waals surface area contributed by atoms with Gasteiger partial charge in [0, 0.05) is 32.5 Å². The summed E-state index contributed by atoms with van der Waals surface area (Å²) in [6.45, 7) is 0. The molecule has 0 saturated heterocycles. The van der Waals surface area contributed by atoms with E-state index in [1.54, 1.807) is 0 Å². The molecule has 0 unspecified atom stereocenters. The quantitative estimate of drug-likeness (QED) is 0.743. The number of anilines is 2. The summed E-state index contributed by atoms with van der Waals surface area (Å²) < 4.78 is 0. The Kier molecular flexibility index (Phi) is 2.76. The Bertz CT molecular complexity index is 337. The predicted molar refractivity (Wildman–Crippen MR) is 55.0 cm³/mol. The Morgan fingerprint density at radius 2 is 2.00 bits per heavy atom. The number of nitriles is 1. The van der Waals surface area contributed by atoms with Crippen molar-refractivity contribution >= 4 is 11.4 Å². The molecule has 0 radical (unpaired) electrons. The van der Waals surface area contributed by atoms with Crippen molar-refractivity contribution in [2.24, 2.45) is 0 Å². The van der Waals surface area contributed by atoms with Crippen molar-refractivity contribution in [1.82, 2.24) is 0 Å². The second kappa shape index (κ2) is 3.81. The summed E-state index contributed by atoms with van der Waals surface area (Å²) in [5, 5.41) is 11.8. The molecule has 1 rings (SSSR count). The Morgan fingerprint density at radius 3 is 2.46 bits per heavy atom. The Hall–Kier alpha value is -1.69. The van der Waals surface area contributed by atoms with Crippen molar-refractivity contribution in [2.75, 3.05) is 31.4 Å². The molecule has 0 aliphatic rings. The summed E-state index contributed by atoms with van der Waals surface area (Å²) in [5.74, 6) is 0. The standard InChI is InChI=1S/C10H13N3/c1-12-9-4-8(7-11)5-10(6-9)13(2)3/h4-6,12H,1-3H3. The second-order valence-corrected chi connectivity index (χ2v) is 3.02. The van der Waals surface area contributed by atoms with Gasteiger partial charge in [0.25, 0.3) is 0 Å². The van der Waals surface area contributed by atoms with E-state index in [9.17, 15) is 0 Å². The zero-order valence-corrected chi connectivity index (χ0v) is 8.13. The van der Waals surface area contributed by atoms with Crippen molar-refractivity contribution in [3.05, 3.63) is 23.8 Å². The average Bonchev–Trinajstić information content (AvgIpc) is 2.16. The first-order valence-corrected chi connectivity index (χ1v) is 4.07. The normalized spacial score (nSPS) is 9.08. The monoisotopic (exact) mass is 175 g/mol. The lowest BCUT2D eigenvalue weighted by molar-refractivity contribution is 1.13. The van der Waals surface area contributed by atoms with Crippen LogP contribution in [0.15, 0.2) is 18.2 Å². The maximum absolute atomic E-state index is 8.77. The third kappa shape index (κ3) is 2.12. The molecule has 3 nitrogen and oxygen atoms in total. The van der Waals surface area contributed by atoms with Crippen LogP contribution < -0.4 is 10.2 Å². The van der Waals surface area contributed by atoms with E-state index < -0.39 is 0 Å². The molecule has 0 spiro atoms. The van der Waals surface area contributed by atoms with Crippen molar-refractivity contribution in [3.8, 4) is 6.07 Å². The molecule has 3 heteroatoms. The van der Waals surface area contributed by atoms with Crippen LogP contribution >= 0.6 is 0 Å². The Morgan fingerprint density at radius 1 is 1.31 bits per heavy atom. The zero-order chi connectivity index (χ0) is 9.84. The van der Waals surface area contributed by atoms with Gasteiger partial charge in [-0.1, -0.05) is 0 Å². The molecule has 0 heterocycles. The number of hydrogen-bond acceptors (Lipinski definition) is 3. The molecule has 0 bridgehead atoms. The molecule has 0 saturated carbocycles. The Balaban J connectivity index is 3.17. The minimum absolute atomic E-state index is 0.676. The maximum Gasteiger partial charge on any atom is 0.0993 e. The number of benzene rings is 1. The van der Waals surface area contributed by atoms with E-state index in [0.717, 1.165) is 11.4 Å². The number of rotatable bonds is 2. The molecule has 0 aromatic heterocycles. The highest BCUT2D eigenvalue weighted by atomic mass is 15.1. The third-order valence-corrected chi connectivity index (χ3v) is 1.85. The van der Waals surface area contributed by atoms with Gasteiger partial charge in [-0.2, -0.15) is 5.26 Å². The fourth-order valence-electron chi connectivity index (χ4n) is 1.08. The van der Waals surface area contributed by atoms with Crippen LogP contribution in [0.1, 0.15) is 5.56 Å². The predicted octanol–water partition coefficient (Wildman–Crippen LogP) is 1.67. The van der Waals surface area contributed by atoms with Crippen LogP contribution in [0, 0.1) is 11.3 Å². The highest BCUT2D eigenvalue weighted by Gasteiger charge is 2.00. The number of nitrogens with one attached hydrogen (secondary N) is 1. The lowest BCUT2D eigenvalue weighted by atomic mass is 10.2. The smallest absolute Gasteiger partial charge is 0.0993 e. The summed E-state index contributed by atoms with van der Waals surface area (Å²) in [5.41, 5.74) is 2.67. The molecule has 0 fully saturated rings. The molecule has 0 atom stereocenters. The van der Waals surface area contributed by atoms with Gasteiger partial charge in [-0.25, -0.2) is 0 Å². The molecule has 68 valence electrons. The van der Waals surface area contributed by atoms with Crippen molar-refractivity contribution in [2.45, 2.75) is 0 Å². The van der Waals surface area contributed by atoms with Crippen molar-refractivity contribution < 1.29 is 0 Å². The summed E-state index contributed by atoms with van der Waals surface area (Å²) >= 11 is 0. The van der Waals surface area contributed by atoms with Gasteiger partial charge in [-0.15, -0.1) is 0 Å². The fourth-order valence-corrected chi connectivity index (χ4v) is 1.08. The van der Waals surface area contributed by atoms with Crippen molar-refractivity contribution in [1.29, 1.82) is 5.26 Å². The van der Waals surface area contributed by atoms with Gasteiger partial charge < -0.3 is 10.2 Å². The molecule has 0 aliphatic carbocycles. The SMILES string of the molecule is CNc1cc(C#N)cc(N(C)C)c1. The van der Waals surface area contributed by atoms with Crippen LogP contribution in [-0.4, -0.2) is 21.1 Å². The van der Waals surface area contributed by atoms with Gasteiger partial charge in [0.15, 0.2) is 0 Å². The fraction of sp³-hybridized carbons (Fsp3) is 0.300. The van der Waals surface area contributed by atoms with E-state index in [4.69, 9.17) is 5.26 Å². The van der Waals surface area contributed by atoms with E-state index in [1.807, 2.05) is 44.2 Å². The van der Waals surface area contributed by atoms with Gasteiger partial charge >= 0.3 is 0 Å². The lowest BCUT2D eigenvalue weighted by Crippen LogP contribution is -2.09. The first kappa shape index (κ1) is 9.40. The first-order chi connectivity index (χ1) is 6.17. The maximum atomic E-state index is 8.77. The summed E-state index contributed by atoms with van der Waals surface area (Å²) in [7, 11) is 5.75. The van der Waals surface area contributed by atoms with Gasteiger partial charge in [-0.05, 0) is 18.2 Å². The lowest BCUT2D eigenvalue weighted by Gasteiger charge is -2.14. The minimum Gasteiger partial charge on any atom is -0.388 e. The molecule has 1 aromatic rings. The number of nitrogens with zero attached hydrogens (tertiary/aromatic N) is 2. The van der Waals surface area contributed by atoms with Gasteiger partial charge in [0.2, 0.25) is 0 Å². The van der Waals surface area contributed by atoms with E-state index in [2.05, 4.69) is 11.4 Å². The molecule has 0 amide bonds. The van der Waals surface area contributed by atoms with Gasteiger partial charge in [-0.3, -0.25) is 0 Å². The Labute approximate surface area is 78.6 Å². The van der Waals surface area contributed by atoms with Crippen LogP contribution in [0.2, 0.25) is 0 Å². The van der Waals surface area contributed by atoms with Crippen LogP contribution in [0.25, 0.3) is 0 Å². The van der Waals surface area contributed by atoms with Crippen molar-refractivity contribution in [3.63, 3.8) is 0 Å². The number of hydrogen-bond donors (Lipinski definition) is 1. The topological polar surface area (TPSA) is 39.1 Å². The summed E-state index contributed by atoms with van der Waals surface area (Å²) in [6, 6.07) is 7.82. The third-order valence-electron chi connectivity index (χ3n) is 1.85. The highest BCUT2D eigenvalue weighted by molar-refractivity contribution is 5.61. The molecular formula is C10H13N3. The van der Waals surface area contributed by atoms with E-state index in [0.29, 0.717) is 5.56 Å². The van der Waals surface area contributed by atoms with E-state index in [-0.39, 0.29) is 0 Å². The van der Waals surface area contributed by atoms with Crippen LogP contribution in [-0.2, 0) is 0 Å². The molecule has 1 N–H and O–H groups in total. The van der Waals surface area contributed by atoms with E-state index in [1.165, 1.54) is 0 Å². The molecule has 13 heavy (non-hydrogen) atoms.